The van der Waals surface area contributed by atoms with E-state index in [1.165, 1.54) is 22.8 Å². The van der Waals surface area contributed by atoms with Crippen LogP contribution in [-0.2, 0) is 27.8 Å². The van der Waals surface area contributed by atoms with Gasteiger partial charge in [0.1, 0.15) is 12.7 Å². The summed E-state index contributed by atoms with van der Waals surface area (Å²) < 4.78 is 34.4. The Hall–Kier alpha value is -3.08. The molecule has 0 aliphatic carbocycles. The van der Waals surface area contributed by atoms with Crippen LogP contribution < -0.4 is 5.32 Å². The second-order valence-electron chi connectivity index (χ2n) is 7.10. The van der Waals surface area contributed by atoms with E-state index in [-0.39, 0.29) is 30.1 Å². The quantitative estimate of drug-likeness (QED) is 0.592. The minimum atomic E-state index is -3.77. The molecule has 1 amide bonds. The van der Waals surface area contributed by atoms with Crippen molar-refractivity contribution in [2.24, 2.45) is 0 Å². The van der Waals surface area contributed by atoms with Crippen LogP contribution in [0.4, 0.5) is 0 Å². The molecule has 31 heavy (non-hydrogen) atoms. The van der Waals surface area contributed by atoms with Crippen LogP contribution in [0, 0.1) is 0 Å². The lowest BCUT2D eigenvalue weighted by Crippen LogP contribution is -2.41. The van der Waals surface area contributed by atoms with Crippen molar-refractivity contribution in [3.8, 4) is 0 Å². The Morgan fingerprint density at radius 3 is 2.45 bits per heavy atom. The zero-order chi connectivity index (χ0) is 21.7. The molecule has 1 aliphatic rings. The first-order valence-corrected chi connectivity index (χ1v) is 11.3. The minimum absolute atomic E-state index is 0.0116. The first kappa shape index (κ1) is 21.2. The van der Waals surface area contributed by atoms with Crippen LogP contribution in [0.5, 0.6) is 0 Å². The molecule has 9 nitrogen and oxygen atoms in total. The fourth-order valence-electron chi connectivity index (χ4n) is 3.35. The SMILES string of the molecule is O=C(NCc1ccc(Cn2cncn2)cc1)c1ccccc1S(=O)(=O)N1CCOCC1. The van der Waals surface area contributed by atoms with E-state index in [1.807, 2.05) is 24.3 Å². The maximum absolute atomic E-state index is 13.0. The number of amides is 1. The number of nitrogens with zero attached hydrogens (tertiary/aromatic N) is 4. The van der Waals surface area contributed by atoms with Gasteiger partial charge in [-0.05, 0) is 23.3 Å². The maximum atomic E-state index is 13.0. The van der Waals surface area contributed by atoms with Crippen LogP contribution in [-0.4, -0.2) is 59.7 Å². The molecule has 0 saturated carbocycles. The Balaban J connectivity index is 1.43. The van der Waals surface area contributed by atoms with Gasteiger partial charge in [0.25, 0.3) is 5.91 Å². The van der Waals surface area contributed by atoms with Gasteiger partial charge in [-0.15, -0.1) is 0 Å². The molecule has 1 saturated heterocycles. The van der Waals surface area contributed by atoms with E-state index in [9.17, 15) is 13.2 Å². The van der Waals surface area contributed by atoms with Gasteiger partial charge in [-0.25, -0.2) is 18.1 Å². The van der Waals surface area contributed by atoms with Crippen LogP contribution in [0.3, 0.4) is 0 Å². The van der Waals surface area contributed by atoms with Gasteiger partial charge in [0, 0.05) is 19.6 Å². The van der Waals surface area contributed by atoms with Gasteiger partial charge in [0.2, 0.25) is 10.0 Å². The number of carbonyl (C=O) groups is 1. The van der Waals surface area contributed by atoms with Gasteiger partial charge in [-0.1, -0.05) is 36.4 Å². The van der Waals surface area contributed by atoms with Crippen LogP contribution in [0.2, 0.25) is 0 Å². The zero-order valence-electron chi connectivity index (χ0n) is 16.8. The molecule has 2 heterocycles. The van der Waals surface area contributed by atoms with E-state index in [2.05, 4.69) is 15.4 Å². The standard InChI is InChI=1S/C21H23N5O4S/c27-21(23-13-17-5-7-18(8-6-17)14-25-16-22-15-24-25)19-3-1-2-4-20(19)31(28,29)26-9-11-30-12-10-26/h1-8,15-16H,9-14H2,(H,23,27). The highest BCUT2D eigenvalue weighted by atomic mass is 32.2. The number of rotatable bonds is 7. The number of ether oxygens (including phenoxy) is 1. The molecule has 162 valence electrons. The number of benzene rings is 2. The average molecular weight is 442 g/mol. The molecule has 0 radical (unpaired) electrons. The van der Waals surface area contributed by atoms with Crippen molar-refractivity contribution in [2.45, 2.75) is 18.0 Å². The van der Waals surface area contributed by atoms with Crippen molar-refractivity contribution in [3.63, 3.8) is 0 Å². The molecule has 2 aromatic carbocycles. The second-order valence-corrected chi connectivity index (χ2v) is 9.01. The van der Waals surface area contributed by atoms with Crippen molar-refractivity contribution in [1.82, 2.24) is 24.4 Å². The summed E-state index contributed by atoms with van der Waals surface area (Å²) in [4.78, 5) is 16.7. The van der Waals surface area contributed by atoms with Crippen molar-refractivity contribution in [3.05, 3.63) is 77.9 Å². The van der Waals surface area contributed by atoms with Gasteiger partial charge < -0.3 is 10.1 Å². The van der Waals surface area contributed by atoms with Gasteiger partial charge in [0.15, 0.2) is 0 Å². The van der Waals surface area contributed by atoms with Crippen molar-refractivity contribution >= 4 is 15.9 Å². The highest BCUT2D eigenvalue weighted by molar-refractivity contribution is 7.89. The van der Waals surface area contributed by atoms with Gasteiger partial charge in [0.05, 0.1) is 30.2 Å². The molecule has 1 aliphatic heterocycles. The molecule has 0 unspecified atom stereocenters. The molecule has 0 spiro atoms. The fraction of sp³-hybridized carbons (Fsp3) is 0.286. The van der Waals surface area contributed by atoms with Crippen molar-refractivity contribution in [1.29, 1.82) is 0 Å². The average Bonchev–Trinajstić information content (AvgIpc) is 3.32. The predicted molar refractivity (Wildman–Crippen MR) is 113 cm³/mol. The minimum Gasteiger partial charge on any atom is -0.379 e. The number of hydrogen-bond acceptors (Lipinski definition) is 6. The lowest BCUT2D eigenvalue weighted by Gasteiger charge is -2.26. The van der Waals surface area contributed by atoms with E-state index < -0.39 is 15.9 Å². The third kappa shape index (κ3) is 4.98. The Morgan fingerprint density at radius 2 is 1.74 bits per heavy atom. The van der Waals surface area contributed by atoms with Crippen LogP contribution in [0.25, 0.3) is 0 Å². The predicted octanol–water partition coefficient (Wildman–Crippen LogP) is 1.28. The summed E-state index contributed by atoms with van der Waals surface area (Å²) in [6, 6.07) is 14.0. The van der Waals surface area contributed by atoms with Gasteiger partial charge >= 0.3 is 0 Å². The number of hydrogen-bond donors (Lipinski definition) is 1. The first-order valence-electron chi connectivity index (χ1n) is 9.89. The Bertz CT molecular complexity index is 1120. The van der Waals surface area contributed by atoms with E-state index >= 15 is 0 Å². The number of sulfonamides is 1. The highest BCUT2D eigenvalue weighted by Crippen LogP contribution is 2.21. The molecular weight excluding hydrogens is 418 g/mol. The molecule has 1 fully saturated rings. The van der Waals surface area contributed by atoms with Gasteiger partial charge in [-0.3, -0.25) is 4.79 Å². The molecule has 1 N–H and O–H groups in total. The van der Waals surface area contributed by atoms with E-state index in [0.29, 0.717) is 19.8 Å². The third-order valence-electron chi connectivity index (χ3n) is 5.01. The maximum Gasteiger partial charge on any atom is 0.252 e. The van der Waals surface area contributed by atoms with Crippen LogP contribution in [0.1, 0.15) is 21.5 Å². The Morgan fingerprint density at radius 1 is 1.03 bits per heavy atom. The lowest BCUT2D eigenvalue weighted by molar-refractivity contribution is 0.0730. The molecule has 0 bridgehead atoms. The van der Waals surface area contributed by atoms with Crippen molar-refractivity contribution < 1.29 is 17.9 Å². The fourth-order valence-corrected chi connectivity index (χ4v) is 4.94. The van der Waals surface area contributed by atoms with Crippen molar-refractivity contribution in [2.75, 3.05) is 26.3 Å². The monoisotopic (exact) mass is 441 g/mol. The lowest BCUT2D eigenvalue weighted by atomic mass is 10.1. The summed E-state index contributed by atoms with van der Waals surface area (Å²) in [5.74, 6) is -0.431. The van der Waals surface area contributed by atoms with Gasteiger partial charge in [-0.2, -0.15) is 9.40 Å². The summed E-state index contributed by atoms with van der Waals surface area (Å²) in [5, 5.41) is 6.90. The second kappa shape index (κ2) is 9.38. The number of nitrogens with one attached hydrogen (secondary N) is 1. The van der Waals surface area contributed by atoms with E-state index in [4.69, 9.17) is 4.74 Å². The van der Waals surface area contributed by atoms with Crippen LogP contribution >= 0.6 is 0 Å². The molecule has 10 heteroatoms. The number of morpholine rings is 1. The molecular formula is C21H23N5O4S. The normalized spacial score (nSPS) is 15.0. The number of aromatic nitrogens is 3. The third-order valence-corrected chi connectivity index (χ3v) is 6.96. The van der Waals surface area contributed by atoms with Crippen LogP contribution in [0.15, 0.2) is 66.1 Å². The topological polar surface area (TPSA) is 106 Å². The van der Waals surface area contributed by atoms with E-state index in [0.717, 1.165) is 11.1 Å². The summed E-state index contributed by atoms with van der Waals surface area (Å²) in [7, 11) is -3.77. The zero-order valence-corrected chi connectivity index (χ0v) is 17.7. The molecule has 0 atom stereocenters. The first-order chi connectivity index (χ1) is 15.0. The van der Waals surface area contributed by atoms with E-state index in [1.54, 1.807) is 23.1 Å². The largest absolute Gasteiger partial charge is 0.379 e. The highest BCUT2D eigenvalue weighted by Gasteiger charge is 2.29. The smallest absolute Gasteiger partial charge is 0.252 e. The Labute approximate surface area is 180 Å². The summed E-state index contributed by atoms with van der Waals surface area (Å²) in [6.07, 6.45) is 3.14. The Kier molecular flexibility index (Phi) is 6.40. The summed E-state index contributed by atoms with van der Waals surface area (Å²) >= 11 is 0. The molecule has 4 rings (SSSR count). The molecule has 3 aromatic rings. The number of carbonyl (C=O) groups excluding carboxylic acids is 1. The summed E-state index contributed by atoms with van der Waals surface area (Å²) in [6.45, 7) is 2.15. The summed E-state index contributed by atoms with van der Waals surface area (Å²) in [5.41, 5.74) is 2.10. The molecule has 1 aromatic heterocycles.